The van der Waals surface area contributed by atoms with Crippen LogP contribution in [-0.2, 0) is 24.3 Å². The number of para-hydroxylation sites is 1. The minimum Gasteiger partial charge on any atom is -0.482 e. The highest BCUT2D eigenvalue weighted by Gasteiger charge is 2.29. The molecule has 0 aliphatic heterocycles. The highest BCUT2D eigenvalue weighted by Crippen LogP contribution is 2.26. The first kappa shape index (κ1) is 26.4. The van der Waals surface area contributed by atoms with Gasteiger partial charge in [0, 0.05) is 0 Å². The second-order valence-corrected chi connectivity index (χ2v) is 9.37. The van der Waals surface area contributed by atoms with Crippen molar-refractivity contribution in [3.05, 3.63) is 89.7 Å². The fraction of sp³-hybridized carbons (Fsp3) is 0.160. The summed E-state index contributed by atoms with van der Waals surface area (Å²) >= 11 is 0. The zero-order valence-corrected chi connectivity index (χ0v) is 20.4. The van der Waals surface area contributed by atoms with Crippen LogP contribution < -0.4 is 14.5 Å². The predicted octanol–water partition coefficient (Wildman–Crippen LogP) is 3.03. The summed E-state index contributed by atoms with van der Waals surface area (Å²) in [6.45, 7) is 0.873. The first-order valence-corrected chi connectivity index (χ1v) is 12.1. The molecule has 1 amide bonds. The Labute approximate surface area is 208 Å². The summed E-state index contributed by atoms with van der Waals surface area (Å²) in [7, 11) is -2.99. The van der Waals surface area contributed by atoms with Gasteiger partial charge in [0.2, 0.25) is 0 Å². The predicted molar refractivity (Wildman–Crippen MR) is 132 cm³/mol. The van der Waals surface area contributed by atoms with Crippen molar-refractivity contribution < 1.29 is 31.9 Å². The summed E-state index contributed by atoms with van der Waals surface area (Å²) in [4.78, 5) is 23.6. The largest absolute Gasteiger partial charge is 0.482 e. The molecule has 3 aromatic carbocycles. The summed E-state index contributed by atoms with van der Waals surface area (Å²) in [5.74, 6) is -1.65. The molecule has 36 heavy (non-hydrogen) atoms. The van der Waals surface area contributed by atoms with Crippen molar-refractivity contribution in [2.75, 3.05) is 24.6 Å². The summed E-state index contributed by atoms with van der Waals surface area (Å²) in [6.07, 6.45) is 1.34. The van der Waals surface area contributed by atoms with E-state index in [0.717, 1.165) is 11.6 Å². The highest BCUT2D eigenvalue weighted by molar-refractivity contribution is 7.92. The van der Waals surface area contributed by atoms with Gasteiger partial charge in [-0.1, -0.05) is 29.8 Å². The molecule has 0 atom stereocenters. The molecule has 0 heterocycles. The van der Waals surface area contributed by atoms with Crippen LogP contribution in [0.25, 0.3) is 0 Å². The summed E-state index contributed by atoms with van der Waals surface area (Å²) in [6, 6.07) is 17.8. The maximum absolute atomic E-state index is 14.5. The van der Waals surface area contributed by atoms with Crippen LogP contribution >= 0.6 is 0 Å². The summed E-state index contributed by atoms with van der Waals surface area (Å²) in [5, 5.41) is 3.84. The van der Waals surface area contributed by atoms with Gasteiger partial charge in [0.1, 0.15) is 18.1 Å². The van der Waals surface area contributed by atoms with Crippen LogP contribution in [0.4, 0.5) is 10.1 Å². The second-order valence-electron chi connectivity index (χ2n) is 7.50. The van der Waals surface area contributed by atoms with E-state index in [0.29, 0.717) is 15.6 Å². The third kappa shape index (κ3) is 6.89. The molecule has 0 unspecified atom stereocenters. The van der Waals surface area contributed by atoms with Gasteiger partial charge >= 0.3 is 5.97 Å². The number of sulfonamides is 1. The van der Waals surface area contributed by atoms with Crippen molar-refractivity contribution in [3.63, 3.8) is 0 Å². The summed E-state index contributed by atoms with van der Waals surface area (Å²) < 4.78 is 51.5. The Morgan fingerprint density at radius 2 is 1.69 bits per heavy atom. The van der Waals surface area contributed by atoms with E-state index in [1.54, 1.807) is 43.3 Å². The van der Waals surface area contributed by atoms with E-state index >= 15 is 0 Å². The Kier molecular flexibility index (Phi) is 8.74. The van der Waals surface area contributed by atoms with Gasteiger partial charge in [-0.3, -0.25) is 9.10 Å². The van der Waals surface area contributed by atoms with Gasteiger partial charge in [-0.25, -0.2) is 23.0 Å². The molecule has 0 bridgehead atoms. The third-order valence-corrected chi connectivity index (χ3v) is 6.66. The van der Waals surface area contributed by atoms with Crippen LogP contribution in [-0.4, -0.2) is 46.8 Å². The molecule has 0 fully saturated rings. The normalized spacial score (nSPS) is 11.2. The molecular formula is C25H24FN3O6S. The van der Waals surface area contributed by atoms with Crippen LogP contribution in [0.3, 0.4) is 0 Å². The van der Waals surface area contributed by atoms with Crippen LogP contribution in [0.15, 0.2) is 82.8 Å². The van der Waals surface area contributed by atoms with Gasteiger partial charge in [-0.05, 0) is 61.0 Å². The average Bonchev–Trinajstić information content (AvgIpc) is 2.87. The van der Waals surface area contributed by atoms with Crippen LogP contribution in [0.2, 0.25) is 0 Å². The molecule has 9 nitrogen and oxygen atoms in total. The fourth-order valence-electron chi connectivity index (χ4n) is 2.99. The fourth-order valence-corrected chi connectivity index (χ4v) is 4.42. The number of amides is 1. The SMILES string of the molecule is COC(=O)COc1ccc(/C=N/NC(=O)CN(c2ccccc2F)S(=O)(=O)c2ccc(C)cc2)cc1. The third-order valence-electron chi connectivity index (χ3n) is 4.88. The molecule has 188 valence electrons. The number of ether oxygens (including phenoxy) is 2. The molecule has 3 rings (SSSR count). The number of aryl methyl sites for hydroxylation is 1. The standard InChI is InChI=1S/C25H24FN3O6S/c1-18-7-13-21(14-8-18)36(32,33)29(23-6-4-3-5-22(23)26)16-24(30)28-27-15-19-9-11-20(12-10-19)35-17-25(31)34-2/h3-15H,16-17H2,1-2H3,(H,28,30)/b27-15+. The lowest BCUT2D eigenvalue weighted by Crippen LogP contribution is -2.40. The van der Waals surface area contributed by atoms with Gasteiger partial charge in [0.05, 0.1) is 23.9 Å². The topological polar surface area (TPSA) is 114 Å². The Balaban J connectivity index is 1.72. The number of nitrogens with zero attached hydrogens (tertiary/aromatic N) is 2. The number of carbonyl (C=O) groups excluding carboxylic acids is 2. The number of methoxy groups -OCH3 is 1. The lowest BCUT2D eigenvalue weighted by molar-refractivity contribution is -0.142. The number of hydrogen-bond acceptors (Lipinski definition) is 7. The number of nitrogens with one attached hydrogen (secondary N) is 1. The maximum Gasteiger partial charge on any atom is 0.343 e. The first-order chi connectivity index (χ1) is 17.2. The van der Waals surface area contributed by atoms with Crippen molar-refractivity contribution >= 4 is 33.8 Å². The van der Waals surface area contributed by atoms with Crippen molar-refractivity contribution in [1.82, 2.24) is 5.43 Å². The molecule has 0 aliphatic rings. The molecule has 0 aliphatic carbocycles. The molecule has 1 N–H and O–H groups in total. The molecule has 3 aromatic rings. The van der Waals surface area contributed by atoms with Crippen molar-refractivity contribution in [2.45, 2.75) is 11.8 Å². The van der Waals surface area contributed by atoms with E-state index in [9.17, 15) is 22.4 Å². The van der Waals surface area contributed by atoms with Crippen LogP contribution in [0.1, 0.15) is 11.1 Å². The number of benzene rings is 3. The van der Waals surface area contributed by atoms with Gasteiger partial charge in [0.25, 0.3) is 15.9 Å². The number of hydrogen-bond donors (Lipinski definition) is 1. The Morgan fingerprint density at radius 1 is 1.03 bits per heavy atom. The van der Waals surface area contributed by atoms with Crippen molar-refractivity contribution in [1.29, 1.82) is 0 Å². The number of rotatable bonds is 10. The molecule has 0 saturated carbocycles. The van der Waals surface area contributed by atoms with Gasteiger partial charge < -0.3 is 9.47 Å². The van der Waals surface area contributed by atoms with E-state index in [1.807, 2.05) is 0 Å². The Hall–Kier alpha value is -4.25. The van der Waals surface area contributed by atoms with Gasteiger partial charge in [-0.15, -0.1) is 0 Å². The van der Waals surface area contributed by atoms with E-state index in [1.165, 1.54) is 43.7 Å². The quantitative estimate of drug-likeness (QED) is 0.253. The van der Waals surface area contributed by atoms with E-state index in [4.69, 9.17) is 4.74 Å². The van der Waals surface area contributed by atoms with Gasteiger partial charge in [0.15, 0.2) is 6.61 Å². The number of halogens is 1. The molecule has 0 radical (unpaired) electrons. The zero-order chi connectivity index (χ0) is 26.1. The Morgan fingerprint density at radius 3 is 2.33 bits per heavy atom. The number of hydrazone groups is 1. The molecule has 11 heteroatoms. The van der Waals surface area contributed by atoms with Crippen molar-refractivity contribution in [2.24, 2.45) is 5.10 Å². The Bertz CT molecular complexity index is 1340. The second kappa shape index (κ2) is 11.9. The number of anilines is 1. The highest BCUT2D eigenvalue weighted by atomic mass is 32.2. The van der Waals surface area contributed by atoms with Crippen LogP contribution in [0.5, 0.6) is 5.75 Å². The van der Waals surface area contributed by atoms with E-state index in [2.05, 4.69) is 15.3 Å². The van der Waals surface area contributed by atoms with Crippen LogP contribution in [0, 0.1) is 12.7 Å². The summed E-state index contributed by atoms with van der Waals surface area (Å²) in [5.41, 5.74) is 3.44. The molecule has 0 aromatic heterocycles. The van der Waals surface area contributed by atoms with Gasteiger partial charge in [-0.2, -0.15) is 5.10 Å². The number of esters is 1. The molecule has 0 spiro atoms. The minimum absolute atomic E-state index is 0.0813. The van der Waals surface area contributed by atoms with Crippen molar-refractivity contribution in [3.8, 4) is 5.75 Å². The first-order valence-electron chi connectivity index (χ1n) is 10.7. The van der Waals surface area contributed by atoms with E-state index < -0.39 is 34.3 Å². The smallest absolute Gasteiger partial charge is 0.343 e. The molecule has 0 saturated heterocycles. The minimum atomic E-state index is -4.25. The monoisotopic (exact) mass is 513 g/mol. The number of carbonyl (C=O) groups is 2. The average molecular weight is 514 g/mol. The lowest BCUT2D eigenvalue weighted by atomic mass is 10.2. The lowest BCUT2D eigenvalue weighted by Gasteiger charge is -2.24. The zero-order valence-electron chi connectivity index (χ0n) is 19.5. The maximum atomic E-state index is 14.5. The molecular weight excluding hydrogens is 489 g/mol. The van der Waals surface area contributed by atoms with E-state index in [-0.39, 0.29) is 17.2 Å².